The van der Waals surface area contributed by atoms with Gasteiger partial charge in [0.2, 0.25) is 5.82 Å². The molecule has 0 heterocycles. The summed E-state index contributed by atoms with van der Waals surface area (Å²) in [6, 6.07) is 7.87. The molecule has 0 fully saturated rings. The summed E-state index contributed by atoms with van der Waals surface area (Å²) in [5.41, 5.74) is -0.512. The zero-order valence-electron chi connectivity index (χ0n) is 9.88. The third-order valence-electron chi connectivity index (χ3n) is 2.68. The zero-order chi connectivity index (χ0) is 14.0. The Hall–Kier alpha value is -2.48. The van der Waals surface area contributed by atoms with Crippen LogP contribution in [0.25, 0.3) is 11.1 Å². The molecular formula is C14H8F3NO. The van der Waals surface area contributed by atoms with Crippen LogP contribution in [0.15, 0.2) is 30.3 Å². The summed E-state index contributed by atoms with van der Waals surface area (Å²) in [6.45, 7) is 0. The van der Waals surface area contributed by atoms with Crippen molar-refractivity contribution in [2.45, 2.75) is 0 Å². The number of hydrogen-bond acceptors (Lipinski definition) is 2. The normalized spacial score (nSPS) is 10.1. The van der Waals surface area contributed by atoms with E-state index < -0.39 is 17.5 Å². The Morgan fingerprint density at radius 2 is 1.74 bits per heavy atom. The molecule has 0 radical (unpaired) electrons. The van der Waals surface area contributed by atoms with Crippen molar-refractivity contribution < 1.29 is 17.9 Å². The first kappa shape index (κ1) is 13.0. The first-order chi connectivity index (χ1) is 9.10. The second-order valence-corrected chi connectivity index (χ2v) is 3.72. The van der Waals surface area contributed by atoms with E-state index in [-0.39, 0.29) is 22.4 Å². The predicted molar refractivity (Wildman–Crippen MR) is 63.0 cm³/mol. The van der Waals surface area contributed by atoms with Crippen LogP contribution in [0.5, 0.6) is 5.75 Å². The van der Waals surface area contributed by atoms with Gasteiger partial charge in [0.05, 0.1) is 12.7 Å². The first-order valence-corrected chi connectivity index (χ1v) is 5.31. The molecule has 0 aromatic heterocycles. The molecule has 0 saturated heterocycles. The Bertz CT molecular complexity index is 677. The highest BCUT2D eigenvalue weighted by Crippen LogP contribution is 2.32. The number of halogens is 3. The Kier molecular flexibility index (Phi) is 3.43. The molecule has 0 N–H and O–H groups in total. The minimum atomic E-state index is -1.18. The molecule has 0 aliphatic carbocycles. The van der Waals surface area contributed by atoms with E-state index in [2.05, 4.69) is 4.74 Å². The maximum absolute atomic E-state index is 13.9. The van der Waals surface area contributed by atoms with Gasteiger partial charge in [-0.1, -0.05) is 12.1 Å². The molecule has 0 bridgehead atoms. The zero-order valence-corrected chi connectivity index (χ0v) is 9.88. The molecule has 0 aliphatic rings. The molecule has 2 rings (SSSR count). The Morgan fingerprint density at radius 3 is 2.37 bits per heavy atom. The molecule has 0 amide bonds. The van der Waals surface area contributed by atoms with Crippen molar-refractivity contribution in [3.8, 4) is 22.9 Å². The summed E-state index contributed by atoms with van der Waals surface area (Å²) < 4.78 is 45.6. The number of ether oxygens (including phenoxy) is 1. The molecule has 0 spiro atoms. The number of hydrogen-bond donors (Lipinski definition) is 0. The standard InChI is InChI=1S/C14H8F3NO/c1-19-12-6-5-9(13(16)14(12)17)8-3-2-4-11(15)10(8)7-18/h2-6H,1H3. The Labute approximate surface area is 107 Å². The van der Waals surface area contributed by atoms with Crippen molar-refractivity contribution in [3.63, 3.8) is 0 Å². The highest BCUT2D eigenvalue weighted by molar-refractivity contribution is 5.72. The molecule has 2 aromatic carbocycles. The second kappa shape index (κ2) is 5.02. The van der Waals surface area contributed by atoms with Crippen LogP contribution in [0.2, 0.25) is 0 Å². The maximum Gasteiger partial charge on any atom is 0.201 e. The fraction of sp³-hybridized carbons (Fsp3) is 0.0714. The number of benzene rings is 2. The third kappa shape index (κ3) is 2.13. The van der Waals surface area contributed by atoms with E-state index in [1.807, 2.05) is 0 Å². The van der Waals surface area contributed by atoms with Crippen molar-refractivity contribution in [2.24, 2.45) is 0 Å². The van der Waals surface area contributed by atoms with Gasteiger partial charge in [-0.2, -0.15) is 9.65 Å². The van der Waals surface area contributed by atoms with E-state index in [0.717, 1.165) is 6.07 Å². The summed E-state index contributed by atoms with van der Waals surface area (Å²) >= 11 is 0. The highest BCUT2D eigenvalue weighted by atomic mass is 19.2. The maximum atomic E-state index is 13.9. The quantitative estimate of drug-likeness (QED) is 0.828. The molecule has 0 unspecified atom stereocenters. The van der Waals surface area contributed by atoms with Crippen LogP contribution in [-0.4, -0.2) is 7.11 Å². The van der Waals surface area contributed by atoms with E-state index in [4.69, 9.17) is 5.26 Å². The van der Waals surface area contributed by atoms with Crippen LogP contribution in [0, 0.1) is 28.8 Å². The summed E-state index contributed by atoms with van der Waals surface area (Å²) in [5, 5.41) is 8.89. The smallest absolute Gasteiger partial charge is 0.201 e. The van der Waals surface area contributed by atoms with E-state index in [1.165, 1.54) is 31.4 Å². The van der Waals surface area contributed by atoms with E-state index in [1.54, 1.807) is 6.07 Å². The van der Waals surface area contributed by atoms with Crippen molar-refractivity contribution in [1.82, 2.24) is 0 Å². The van der Waals surface area contributed by atoms with Gasteiger partial charge in [-0.3, -0.25) is 0 Å². The molecule has 0 aliphatic heterocycles. The number of nitrogens with zero attached hydrogens (tertiary/aromatic N) is 1. The van der Waals surface area contributed by atoms with Crippen LogP contribution in [-0.2, 0) is 0 Å². The van der Waals surface area contributed by atoms with Crippen LogP contribution >= 0.6 is 0 Å². The van der Waals surface area contributed by atoms with Crippen LogP contribution < -0.4 is 4.74 Å². The molecule has 19 heavy (non-hydrogen) atoms. The third-order valence-corrected chi connectivity index (χ3v) is 2.68. The lowest BCUT2D eigenvalue weighted by Crippen LogP contribution is -1.97. The minimum absolute atomic E-state index is 0.00144. The van der Waals surface area contributed by atoms with Gasteiger partial charge in [-0.05, 0) is 18.2 Å². The van der Waals surface area contributed by atoms with Crippen molar-refractivity contribution in [3.05, 3.63) is 53.3 Å². The van der Waals surface area contributed by atoms with Crippen molar-refractivity contribution >= 4 is 0 Å². The topological polar surface area (TPSA) is 33.0 Å². The molecule has 0 saturated carbocycles. The van der Waals surface area contributed by atoms with E-state index >= 15 is 0 Å². The molecule has 2 nitrogen and oxygen atoms in total. The SMILES string of the molecule is COc1ccc(-c2cccc(F)c2C#N)c(F)c1F. The summed E-state index contributed by atoms with van der Waals surface area (Å²) in [6.07, 6.45) is 0. The van der Waals surface area contributed by atoms with Crippen LogP contribution in [0.3, 0.4) is 0 Å². The Morgan fingerprint density at radius 1 is 1.00 bits per heavy atom. The number of methoxy groups -OCH3 is 1. The predicted octanol–water partition coefficient (Wildman–Crippen LogP) is 3.65. The number of nitriles is 1. The monoisotopic (exact) mass is 263 g/mol. The van der Waals surface area contributed by atoms with E-state index in [0.29, 0.717) is 0 Å². The Balaban J connectivity index is 2.71. The molecule has 0 atom stereocenters. The highest BCUT2D eigenvalue weighted by Gasteiger charge is 2.18. The van der Waals surface area contributed by atoms with Gasteiger partial charge in [0.15, 0.2) is 11.6 Å². The van der Waals surface area contributed by atoms with Gasteiger partial charge >= 0.3 is 0 Å². The largest absolute Gasteiger partial charge is 0.494 e. The second-order valence-electron chi connectivity index (χ2n) is 3.72. The van der Waals surface area contributed by atoms with Gasteiger partial charge in [0, 0.05) is 11.1 Å². The van der Waals surface area contributed by atoms with Gasteiger partial charge in [-0.15, -0.1) is 0 Å². The van der Waals surface area contributed by atoms with Crippen LogP contribution in [0.1, 0.15) is 5.56 Å². The van der Waals surface area contributed by atoms with Gasteiger partial charge in [0.1, 0.15) is 11.9 Å². The average Bonchev–Trinajstić information content (AvgIpc) is 2.41. The molecule has 96 valence electrons. The van der Waals surface area contributed by atoms with Crippen molar-refractivity contribution in [1.29, 1.82) is 5.26 Å². The lowest BCUT2D eigenvalue weighted by atomic mass is 9.99. The minimum Gasteiger partial charge on any atom is -0.494 e. The summed E-state index contributed by atoms with van der Waals surface area (Å²) in [5.74, 6) is -3.39. The molecule has 5 heteroatoms. The van der Waals surface area contributed by atoms with Gasteiger partial charge in [0.25, 0.3) is 0 Å². The number of rotatable bonds is 2. The summed E-state index contributed by atoms with van der Waals surface area (Å²) in [7, 11) is 1.21. The van der Waals surface area contributed by atoms with Gasteiger partial charge < -0.3 is 4.74 Å². The van der Waals surface area contributed by atoms with Crippen LogP contribution in [0.4, 0.5) is 13.2 Å². The van der Waals surface area contributed by atoms with Gasteiger partial charge in [-0.25, -0.2) is 8.78 Å². The van der Waals surface area contributed by atoms with Crippen molar-refractivity contribution in [2.75, 3.05) is 7.11 Å². The fourth-order valence-electron chi connectivity index (χ4n) is 1.76. The lowest BCUT2D eigenvalue weighted by molar-refractivity contribution is 0.372. The molecule has 2 aromatic rings. The van der Waals surface area contributed by atoms with E-state index in [9.17, 15) is 13.2 Å². The molecular weight excluding hydrogens is 255 g/mol. The average molecular weight is 263 g/mol. The summed E-state index contributed by atoms with van der Waals surface area (Å²) in [4.78, 5) is 0. The fourth-order valence-corrected chi connectivity index (χ4v) is 1.76. The lowest BCUT2D eigenvalue weighted by Gasteiger charge is -2.09. The first-order valence-electron chi connectivity index (χ1n) is 5.31.